The van der Waals surface area contributed by atoms with Gasteiger partial charge in [0.05, 0.1) is 0 Å². The highest BCUT2D eigenvalue weighted by Gasteiger charge is 2.26. The first-order valence-corrected chi connectivity index (χ1v) is 9.15. The molecule has 2 aromatic carbocycles. The molecule has 132 valence electrons. The lowest BCUT2D eigenvalue weighted by Crippen LogP contribution is -2.36. The Morgan fingerprint density at radius 1 is 1.12 bits per heavy atom. The number of carbonyl (C=O) groups excluding carboxylic acids is 1. The Bertz CT molecular complexity index is 905. The van der Waals surface area contributed by atoms with Crippen LogP contribution in [0, 0.1) is 0 Å². The van der Waals surface area contributed by atoms with Crippen LogP contribution < -0.4 is 0 Å². The lowest BCUT2D eigenvalue weighted by molar-refractivity contribution is -0.127. The first-order chi connectivity index (χ1) is 12.7. The zero-order valence-corrected chi connectivity index (χ0v) is 15.0. The lowest BCUT2D eigenvalue weighted by Gasteiger charge is -2.29. The number of piperidine rings is 1. The van der Waals surface area contributed by atoms with E-state index in [-0.39, 0.29) is 11.8 Å². The number of nitrogens with zero attached hydrogens (tertiary/aromatic N) is 2. The van der Waals surface area contributed by atoms with E-state index in [1.807, 2.05) is 59.5 Å². The summed E-state index contributed by atoms with van der Waals surface area (Å²) in [6.45, 7) is 1.43. The third-order valence-electron chi connectivity index (χ3n) is 4.75. The molecule has 1 amide bonds. The van der Waals surface area contributed by atoms with Crippen molar-refractivity contribution in [3.63, 3.8) is 0 Å². The number of amides is 1. The molecule has 0 radical (unpaired) electrons. The van der Waals surface area contributed by atoms with Crippen molar-refractivity contribution in [2.24, 2.45) is 0 Å². The normalized spacial score (nSPS) is 15.8. The number of halogens is 1. The first kappa shape index (κ1) is 16.9. The SMILES string of the molecule is O=C(/C=C/c1ccc(Cl)cc1)N1CCC(c2nc3ccccc3o2)CC1. The number of aromatic nitrogens is 1. The van der Waals surface area contributed by atoms with Crippen molar-refractivity contribution in [2.75, 3.05) is 13.1 Å². The molecule has 2 heterocycles. The Kier molecular flexibility index (Phi) is 4.76. The van der Waals surface area contributed by atoms with Gasteiger partial charge in [0.15, 0.2) is 11.5 Å². The number of rotatable bonds is 3. The second-order valence-electron chi connectivity index (χ2n) is 6.50. The van der Waals surface area contributed by atoms with E-state index in [4.69, 9.17) is 16.0 Å². The van der Waals surface area contributed by atoms with Gasteiger partial charge in [-0.2, -0.15) is 0 Å². The molecule has 0 saturated carbocycles. The fourth-order valence-corrected chi connectivity index (χ4v) is 3.38. The highest BCUT2D eigenvalue weighted by atomic mass is 35.5. The van der Waals surface area contributed by atoms with Crippen LogP contribution in [0.4, 0.5) is 0 Å². The molecule has 0 atom stereocenters. The summed E-state index contributed by atoms with van der Waals surface area (Å²) in [5.74, 6) is 1.10. The molecule has 0 aliphatic carbocycles. The van der Waals surface area contributed by atoms with Gasteiger partial charge in [0.25, 0.3) is 0 Å². The molecule has 26 heavy (non-hydrogen) atoms. The molecule has 0 bridgehead atoms. The highest BCUT2D eigenvalue weighted by Crippen LogP contribution is 2.30. The van der Waals surface area contributed by atoms with Gasteiger partial charge >= 0.3 is 0 Å². The van der Waals surface area contributed by atoms with Crippen molar-refractivity contribution in [1.29, 1.82) is 0 Å². The Hall–Kier alpha value is -2.59. The third-order valence-corrected chi connectivity index (χ3v) is 5.01. The average molecular weight is 367 g/mol. The molecular formula is C21H19ClN2O2. The van der Waals surface area contributed by atoms with E-state index in [9.17, 15) is 4.79 Å². The standard InChI is InChI=1S/C21H19ClN2O2/c22-17-8-5-15(6-9-17)7-10-20(25)24-13-11-16(12-14-24)21-23-18-3-1-2-4-19(18)26-21/h1-10,16H,11-14H2/b10-7+. The van der Waals surface area contributed by atoms with Gasteiger partial charge in [-0.25, -0.2) is 4.98 Å². The molecule has 1 aromatic heterocycles. The summed E-state index contributed by atoms with van der Waals surface area (Å²) in [6.07, 6.45) is 5.19. The van der Waals surface area contributed by atoms with E-state index in [0.29, 0.717) is 18.1 Å². The van der Waals surface area contributed by atoms with E-state index in [2.05, 4.69) is 4.98 Å². The number of carbonyl (C=O) groups is 1. The maximum atomic E-state index is 12.4. The zero-order chi connectivity index (χ0) is 17.9. The number of hydrogen-bond donors (Lipinski definition) is 0. The van der Waals surface area contributed by atoms with Gasteiger partial charge in [0, 0.05) is 30.1 Å². The number of hydrogen-bond acceptors (Lipinski definition) is 3. The summed E-state index contributed by atoms with van der Waals surface area (Å²) in [7, 11) is 0. The number of likely N-dealkylation sites (tertiary alicyclic amines) is 1. The third kappa shape index (κ3) is 3.65. The fraction of sp³-hybridized carbons (Fsp3) is 0.238. The Labute approximate surface area is 157 Å². The smallest absolute Gasteiger partial charge is 0.246 e. The molecule has 1 saturated heterocycles. The maximum Gasteiger partial charge on any atom is 0.246 e. The summed E-state index contributed by atoms with van der Waals surface area (Å²) in [6, 6.07) is 15.2. The van der Waals surface area contributed by atoms with Crippen LogP contribution in [-0.4, -0.2) is 28.9 Å². The van der Waals surface area contributed by atoms with Gasteiger partial charge in [0.1, 0.15) is 5.52 Å². The Morgan fingerprint density at radius 3 is 2.58 bits per heavy atom. The molecule has 5 heteroatoms. The minimum Gasteiger partial charge on any atom is -0.440 e. The molecule has 0 spiro atoms. The van der Waals surface area contributed by atoms with E-state index in [1.165, 1.54) is 0 Å². The lowest BCUT2D eigenvalue weighted by atomic mass is 9.96. The highest BCUT2D eigenvalue weighted by molar-refractivity contribution is 6.30. The first-order valence-electron chi connectivity index (χ1n) is 8.77. The van der Waals surface area contributed by atoms with E-state index < -0.39 is 0 Å². The maximum absolute atomic E-state index is 12.4. The molecule has 1 aliphatic rings. The van der Waals surface area contributed by atoms with Gasteiger partial charge in [-0.15, -0.1) is 0 Å². The number of oxazole rings is 1. The van der Waals surface area contributed by atoms with Crippen molar-refractivity contribution in [3.8, 4) is 0 Å². The van der Waals surface area contributed by atoms with E-state index in [1.54, 1.807) is 6.08 Å². The number of benzene rings is 2. The van der Waals surface area contributed by atoms with Crippen molar-refractivity contribution in [2.45, 2.75) is 18.8 Å². The fourth-order valence-electron chi connectivity index (χ4n) is 3.26. The van der Waals surface area contributed by atoms with Crippen LogP contribution in [0.15, 0.2) is 59.0 Å². The second-order valence-corrected chi connectivity index (χ2v) is 6.94. The van der Waals surface area contributed by atoms with Crippen LogP contribution in [-0.2, 0) is 4.79 Å². The topological polar surface area (TPSA) is 46.3 Å². The van der Waals surface area contributed by atoms with E-state index in [0.717, 1.165) is 35.4 Å². The van der Waals surface area contributed by atoms with Gasteiger partial charge in [0.2, 0.25) is 5.91 Å². The Balaban J connectivity index is 1.36. The van der Waals surface area contributed by atoms with Crippen LogP contribution in [0.2, 0.25) is 5.02 Å². The summed E-state index contributed by atoms with van der Waals surface area (Å²) < 4.78 is 5.88. The van der Waals surface area contributed by atoms with Crippen LogP contribution in [0.25, 0.3) is 17.2 Å². The van der Waals surface area contributed by atoms with Gasteiger partial charge < -0.3 is 9.32 Å². The van der Waals surface area contributed by atoms with Gasteiger partial charge in [-0.1, -0.05) is 35.9 Å². The van der Waals surface area contributed by atoms with E-state index >= 15 is 0 Å². The summed E-state index contributed by atoms with van der Waals surface area (Å²) in [5, 5.41) is 0.690. The summed E-state index contributed by atoms with van der Waals surface area (Å²) in [5.41, 5.74) is 2.68. The zero-order valence-electron chi connectivity index (χ0n) is 14.3. The van der Waals surface area contributed by atoms with Crippen LogP contribution >= 0.6 is 11.6 Å². The largest absolute Gasteiger partial charge is 0.440 e. The van der Waals surface area contributed by atoms with Crippen molar-refractivity contribution in [3.05, 3.63) is 71.1 Å². The summed E-state index contributed by atoms with van der Waals surface area (Å²) in [4.78, 5) is 18.9. The predicted octanol–water partition coefficient (Wildman–Crippen LogP) is 4.90. The predicted molar refractivity (Wildman–Crippen MR) is 103 cm³/mol. The minimum atomic E-state index is 0.0379. The molecule has 3 aromatic rings. The average Bonchev–Trinajstić information content (AvgIpc) is 3.12. The van der Waals surface area contributed by atoms with Crippen LogP contribution in [0.3, 0.4) is 0 Å². The molecule has 4 rings (SSSR count). The Morgan fingerprint density at radius 2 is 1.85 bits per heavy atom. The molecular weight excluding hydrogens is 348 g/mol. The number of fused-ring (bicyclic) bond motifs is 1. The van der Waals surface area contributed by atoms with Crippen LogP contribution in [0.1, 0.15) is 30.2 Å². The van der Waals surface area contributed by atoms with Crippen molar-refractivity contribution in [1.82, 2.24) is 9.88 Å². The van der Waals surface area contributed by atoms with Gasteiger partial charge in [-0.3, -0.25) is 4.79 Å². The quantitative estimate of drug-likeness (QED) is 0.619. The summed E-state index contributed by atoms with van der Waals surface area (Å²) >= 11 is 5.87. The van der Waals surface area contributed by atoms with Crippen molar-refractivity contribution >= 4 is 34.7 Å². The second kappa shape index (κ2) is 7.34. The monoisotopic (exact) mass is 366 g/mol. The molecule has 1 fully saturated rings. The van der Waals surface area contributed by atoms with Crippen molar-refractivity contribution < 1.29 is 9.21 Å². The molecule has 1 aliphatic heterocycles. The molecule has 0 unspecified atom stereocenters. The molecule has 0 N–H and O–H groups in total. The number of para-hydroxylation sites is 2. The molecule has 4 nitrogen and oxygen atoms in total. The minimum absolute atomic E-state index is 0.0379. The van der Waals surface area contributed by atoms with Gasteiger partial charge in [-0.05, 0) is 48.7 Å². The van der Waals surface area contributed by atoms with Crippen LogP contribution in [0.5, 0.6) is 0 Å².